The van der Waals surface area contributed by atoms with E-state index in [-0.39, 0.29) is 23.1 Å². The van der Waals surface area contributed by atoms with Crippen LogP contribution < -0.4 is 4.89 Å². The van der Waals surface area contributed by atoms with Gasteiger partial charge in [0, 0.05) is 22.3 Å². The second-order valence-electron chi connectivity index (χ2n) is 5.40. The normalized spacial score (nSPS) is 10.3. The molecule has 3 aromatic carbocycles. The highest BCUT2D eigenvalue weighted by molar-refractivity contribution is 6.13. The van der Waals surface area contributed by atoms with E-state index in [0.717, 1.165) is 0 Å². The number of carbonyl (C=O) groups excluding carboxylic acids is 2. The quantitative estimate of drug-likeness (QED) is 0.422. The Kier molecular flexibility index (Phi) is 4.59. The average molecular weight is 334 g/mol. The van der Waals surface area contributed by atoms with Crippen LogP contribution >= 0.6 is 0 Å². The number of ketones is 2. The molecule has 0 radical (unpaired) electrons. The predicted molar refractivity (Wildman–Crippen MR) is 91.1 cm³/mol. The molecule has 0 aliphatic rings. The van der Waals surface area contributed by atoms with Crippen molar-refractivity contribution in [2.75, 3.05) is 0 Å². The summed E-state index contributed by atoms with van der Waals surface area (Å²) >= 11 is 0. The van der Waals surface area contributed by atoms with E-state index in [9.17, 15) is 14.7 Å². The minimum Gasteiger partial charge on any atom is -0.508 e. The number of hydrogen-bond acceptors (Lipinski definition) is 5. The fourth-order valence-corrected chi connectivity index (χ4v) is 2.41. The van der Waals surface area contributed by atoms with Gasteiger partial charge in [0.2, 0.25) is 0 Å². The van der Waals surface area contributed by atoms with E-state index in [1.54, 1.807) is 18.2 Å². The van der Waals surface area contributed by atoms with Gasteiger partial charge < -0.3 is 9.99 Å². The Balaban J connectivity index is 1.88. The molecule has 0 saturated carbocycles. The van der Waals surface area contributed by atoms with Gasteiger partial charge in [-0.15, -0.1) is 0 Å². The third-order valence-electron chi connectivity index (χ3n) is 3.74. The third-order valence-corrected chi connectivity index (χ3v) is 3.74. The van der Waals surface area contributed by atoms with Crippen molar-refractivity contribution in [3.63, 3.8) is 0 Å². The second-order valence-corrected chi connectivity index (χ2v) is 5.40. The molecule has 0 bridgehead atoms. The maximum atomic E-state index is 12.6. The van der Waals surface area contributed by atoms with Crippen molar-refractivity contribution in [1.82, 2.24) is 0 Å². The maximum Gasteiger partial charge on any atom is 0.193 e. The molecule has 5 nitrogen and oxygen atoms in total. The van der Waals surface area contributed by atoms with Gasteiger partial charge in [0.15, 0.2) is 17.3 Å². The molecule has 0 amide bonds. The van der Waals surface area contributed by atoms with Crippen LogP contribution in [0.2, 0.25) is 0 Å². The van der Waals surface area contributed by atoms with Crippen LogP contribution in [-0.2, 0) is 0 Å². The summed E-state index contributed by atoms with van der Waals surface area (Å²) < 4.78 is 0. The lowest BCUT2D eigenvalue weighted by atomic mass is 9.97. The highest BCUT2D eigenvalue weighted by Crippen LogP contribution is 2.18. The molecule has 0 spiro atoms. The zero-order chi connectivity index (χ0) is 17.8. The van der Waals surface area contributed by atoms with Gasteiger partial charge in [0.25, 0.3) is 0 Å². The molecule has 0 atom stereocenters. The highest BCUT2D eigenvalue weighted by atomic mass is 17.1. The van der Waals surface area contributed by atoms with E-state index < -0.39 is 0 Å². The van der Waals surface area contributed by atoms with Crippen molar-refractivity contribution < 1.29 is 24.8 Å². The van der Waals surface area contributed by atoms with E-state index in [1.165, 1.54) is 54.6 Å². The van der Waals surface area contributed by atoms with Gasteiger partial charge in [-0.2, -0.15) is 0 Å². The monoisotopic (exact) mass is 334 g/mol. The van der Waals surface area contributed by atoms with E-state index in [1.807, 2.05) is 0 Å². The van der Waals surface area contributed by atoms with Crippen LogP contribution in [0, 0.1) is 0 Å². The molecule has 3 aromatic rings. The van der Waals surface area contributed by atoms with E-state index in [4.69, 9.17) is 5.26 Å². The van der Waals surface area contributed by atoms with Gasteiger partial charge >= 0.3 is 0 Å². The molecular formula is C20H14O5. The summed E-state index contributed by atoms with van der Waals surface area (Å²) in [7, 11) is 0. The first-order valence-corrected chi connectivity index (χ1v) is 7.48. The van der Waals surface area contributed by atoms with Gasteiger partial charge in [0.1, 0.15) is 5.75 Å². The van der Waals surface area contributed by atoms with Gasteiger partial charge in [-0.05, 0) is 54.6 Å². The van der Waals surface area contributed by atoms with E-state index in [2.05, 4.69) is 4.89 Å². The Hall–Kier alpha value is -3.44. The van der Waals surface area contributed by atoms with Crippen LogP contribution in [0.15, 0.2) is 72.8 Å². The third kappa shape index (κ3) is 3.57. The molecule has 3 rings (SSSR count). The van der Waals surface area contributed by atoms with Crippen molar-refractivity contribution in [1.29, 1.82) is 0 Å². The molecule has 0 aliphatic carbocycles. The zero-order valence-corrected chi connectivity index (χ0v) is 13.0. The number of phenols is 1. The molecule has 0 aliphatic heterocycles. The van der Waals surface area contributed by atoms with Crippen molar-refractivity contribution >= 4 is 11.6 Å². The summed E-state index contributed by atoms with van der Waals surface area (Å²) in [5, 5.41) is 17.9. The Bertz CT molecular complexity index is 912. The van der Waals surface area contributed by atoms with Crippen LogP contribution in [0.25, 0.3) is 0 Å². The number of phenolic OH excluding ortho intramolecular Hbond substituents is 1. The Morgan fingerprint density at radius 3 is 1.64 bits per heavy atom. The molecule has 2 N–H and O–H groups in total. The van der Waals surface area contributed by atoms with Crippen LogP contribution in [-0.4, -0.2) is 21.9 Å². The minimum absolute atomic E-state index is 0.0794. The molecule has 0 heterocycles. The van der Waals surface area contributed by atoms with E-state index in [0.29, 0.717) is 22.3 Å². The molecule has 0 saturated heterocycles. The summed E-state index contributed by atoms with van der Waals surface area (Å²) in [6.45, 7) is 0. The smallest absolute Gasteiger partial charge is 0.193 e. The van der Waals surface area contributed by atoms with Gasteiger partial charge in [-0.25, -0.2) is 5.26 Å². The van der Waals surface area contributed by atoms with Crippen molar-refractivity contribution in [2.45, 2.75) is 0 Å². The van der Waals surface area contributed by atoms with Crippen LogP contribution in [0.3, 0.4) is 0 Å². The van der Waals surface area contributed by atoms with Crippen molar-refractivity contribution in [3.05, 3.63) is 95.1 Å². The summed E-state index contributed by atoms with van der Waals surface area (Å²) in [6, 6.07) is 18.4. The molecule has 25 heavy (non-hydrogen) atoms. The fourth-order valence-electron chi connectivity index (χ4n) is 2.41. The first kappa shape index (κ1) is 16.4. The summed E-state index contributed by atoms with van der Waals surface area (Å²) in [5.41, 5.74) is 1.59. The SMILES string of the molecule is O=C(c1ccc(O)cc1)c1cccc(C(=O)c2ccc(OO)cc2)c1. The molecule has 5 heteroatoms. The van der Waals surface area contributed by atoms with Crippen molar-refractivity contribution in [2.24, 2.45) is 0 Å². The lowest BCUT2D eigenvalue weighted by molar-refractivity contribution is -0.137. The van der Waals surface area contributed by atoms with E-state index >= 15 is 0 Å². The number of rotatable bonds is 5. The molecule has 124 valence electrons. The van der Waals surface area contributed by atoms with Gasteiger partial charge in [-0.3, -0.25) is 9.59 Å². The fraction of sp³-hybridized carbons (Fsp3) is 0. The predicted octanol–water partition coefficient (Wildman–Crippen LogP) is 3.71. The largest absolute Gasteiger partial charge is 0.508 e. The highest BCUT2D eigenvalue weighted by Gasteiger charge is 2.14. The Morgan fingerprint density at radius 2 is 1.16 bits per heavy atom. The molecular weight excluding hydrogens is 320 g/mol. The standard InChI is InChI=1S/C20H14O5/c21-17-8-4-13(5-9-17)19(22)15-2-1-3-16(12-15)20(23)14-6-10-18(25-24)11-7-14/h1-12,21,24H. The van der Waals surface area contributed by atoms with Gasteiger partial charge in [0.05, 0.1) is 0 Å². The summed E-state index contributed by atoms with van der Waals surface area (Å²) in [6.07, 6.45) is 0. The van der Waals surface area contributed by atoms with Gasteiger partial charge in [-0.1, -0.05) is 18.2 Å². The second kappa shape index (κ2) is 6.98. The topological polar surface area (TPSA) is 83.8 Å². The Morgan fingerprint density at radius 1 is 0.680 bits per heavy atom. The number of benzene rings is 3. The van der Waals surface area contributed by atoms with Crippen LogP contribution in [0.1, 0.15) is 31.8 Å². The number of aromatic hydroxyl groups is 1. The minimum atomic E-state index is -0.246. The molecule has 0 aromatic heterocycles. The molecule has 0 fully saturated rings. The Labute approximate surface area is 143 Å². The summed E-state index contributed by atoms with van der Waals surface area (Å²) in [5.74, 6) is -0.174. The molecule has 0 unspecified atom stereocenters. The summed E-state index contributed by atoms with van der Waals surface area (Å²) in [4.78, 5) is 29.2. The number of carbonyl (C=O) groups is 2. The maximum absolute atomic E-state index is 12.6. The van der Waals surface area contributed by atoms with Crippen LogP contribution in [0.4, 0.5) is 0 Å². The first-order chi connectivity index (χ1) is 12.1. The number of hydrogen-bond donors (Lipinski definition) is 2. The first-order valence-electron chi connectivity index (χ1n) is 7.48. The van der Waals surface area contributed by atoms with Crippen LogP contribution in [0.5, 0.6) is 11.5 Å². The van der Waals surface area contributed by atoms with Crippen molar-refractivity contribution in [3.8, 4) is 11.5 Å². The zero-order valence-electron chi connectivity index (χ0n) is 13.0. The lowest BCUT2D eigenvalue weighted by Crippen LogP contribution is -2.05. The lowest BCUT2D eigenvalue weighted by Gasteiger charge is -2.06. The average Bonchev–Trinajstić information content (AvgIpc) is 2.67.